The van der Waals surface area contributed by atoms with Crippen LogP contribution in [0.1, 0.15) is 38.1 Å². The Hall–Kier alpha value is -1.65. The van der Waals surface area contributed by atoms with Gasteiger partial charge in [-0.3, -0.25) is 4.79 Å². The molecule has 0 unspecified atom stereocenters. The average Bonchev–Trinajstić information content (AvgIpc) is 2.35. The lowest BCUT2D eigenvalue weighted by molar-refractivity contribution is 0.0714. The number of amides is 1. The number of rotatable bonds is 6. The molecule has 0 aliphatic heterocycles. The predicted octanol–water partition coefficient (Wildman–Crippen LogP) is 3.76. The molecule has 0 radical (unpaired) electrons. The van der Waals surface area contributed by atoms with Crippen LogP contribution in [-0.2, 0) is 0 Å². The molecule has 118 valence electrons. The van der Waals surface area contributed by atoms with E-state index in [1.54, 1.807) is 4.90 Å². The number of anilines is 1. The minimum Gasteiger partial charge on any atom is -0.383 e. The van der Waals surface area contributed by atoms with Crippen molar-refractivity contribution in [2.24, 2.45) is 11.8 Å². The van der Waals surface area contributed by atoms with Crippen LogP contribution in [0.15, 0.2) is 12.1 Å². The molecule has 0 aliphatic rings. The standard InChI is InChI=1S/C16H24F2N2O/c1-10(2)8-20(9-11(3)4)16(21)12-6-13(17)15(19-5)14(18)7-12/h6-7,10-11,19H,8-9H2,1-5H3. The zero-order valence-electron chi connectivity index (χ0n) is 13.3. The molecule has 1 aromatic rings. The SMILES string of the molecule is CNc1c(F)cc(C(=O)N(CC(C)C)CC(C)C)cc1F. The summed E-state index contributed by atoms with van der Waals surface area (Å²) in [5, 5.41) is 2.45. The van der Waals surface area contributed by atoms with E-state index in [-0.39, 0.29) is 17.2 Å². The van der Waals surface area contributed by atoms with E-state index in [0.29, 0.717) is 24.9 Å². The van der Waals surface area contributed by atoms with Gasteiger partial charge in [0.2, 0.25) is 0 Å². The fraction of sp³-hybridized carbons (Fsp3) is 0.562. The van der Waals surface area contributed by atoms with Crippen molar-refractivity contribution in [2.75, 3.05) is 25.5 Å². The van der Waals surface area contributed by atoms with Crippen LogP contribution in [0.2, 0.25) is 0 Å². The highest BCUT2D eigenvalue weighted by atomic mass is 19.1. The number of benzene rings is 1. The van der Waals surface area contributed by atoms with Crippen LogP contribution in [0.4, 0.5) is 14.5 Å². The van der Waals surface area contributed by atoms with E-state index < -0.39 is 11.6 Å². The summed E-state index contributed by atoms with van der Waals surface area (Å²) < 4.78 is 27.6. The van der Waals surface area contributed by atoms with Crippen molar-refractivity contribution in [3.05, 3.63) is 29.3 Å². The Balaban J connectivity index is 3.08. The zero-order chi connectivity index (χ0) is 16.2. The molecule has 3 nitrogen and oxygen atoms in total. The molecule has 1 amide bonds. The van der Waals surface area contributed by atoms with Gasteiger partial charge in [-0.1, -0.05) is 27.7 Å². The van der Waals surface area contributed by atoms with E-state index in [1.165, 1.54) is 7.05 Å². The topological polar surface area (TPSA) is 32.3 Å². The molecular formula is C16H24F2N2O. The van der Waals surface area contributed by atoms with Crippen LogP contribution in [0, 0.1) is 23.5 Å². The molecule has 0 saturated carbocycles. The van der Waals surface area contributed by atoms with Gasteiger partial charge in [0.05, 0.1) is 0 Å². The third-order valence-electron chi connectivity index (χ3n) is 3.00. The number of nitrogens with one attached hydrogen (secondary N) is 1. The second-order valence-corrected chi connectivity index (χ2v) is 6.06. The normalized spacial score (nSPS) is 11.1. The van der Waals surface area contributed by atoms with Crippen molar-refractivity contribution in [1.82, 2.24) is 4.90 Å². The van der Waals surface area contributed by atoms with Gasteiger partial charge in [0.15, 0.2) is 0 Å². The first-order valence-electron chi connectivity index (χ1n) is 7.22. The van der Waals surface area contributed by atoms with Gasteiger partial charge in [-0.2, -0.15) is 0 Å². The van der Waals surface area contributed by atoms with Gasteiger partial charge in [-0.15, -0.1) is 0 Å². The van der Waals surface area contributed by atoms with Crippen molar-refractivity contribution >= 4 is 11.6 Å². The number of halogens is 2. The number of hydrogen-bond donors (Lipinski definition) is 1. The second kappa shape index (κ2) is 7.38. The molecule has 0 bridgehead atoms. The van der Waals surface area contributed by atoms with E-state index in [9.17, 15) is 13.6 Å². The molecule has 0 heterocycles. The largest absolute Gasteiger partial charge is 0.383 e. The van der Waals surface area contributed by atoms with Crippen LogP contribution in [0.5, 0.6) is 0 Å². The van der Waals surface area contributed by atoms with Crippen LogP contribution >= 0.6 is 0 Å². The van der Waals surface area contributed by atoms with E-state index >= 15 is 0 Å². The fourth-order valence-electron chi connectivity index (χ4n) is 2.24. The van der Waals surface area contributed by atoms with Gasteiger partial charge >= 0.3 is 0 Å². The van der Waals surface area contributed by atoms with E-state index in [4.69, 9.17) is 0 Å². The lowest BCUT2D eigenvalue weighted by Gasteiger charge is -2.26. The number of carbonyl (C=O) groups excluding carboxylic acids is 1. The molecule has 1 aromatic carbocycles. The van der Waals surface area contributed by atoms with E-state index in [0.717, 1.165) is 12.1 Å². The maximum absolute atomic E-state index is 13.8. The van der Waals surface area contributed by atoms with Gasteiger partial charge in [0, 0.05) is 25.7 Å². The molecule has 0 aromatic heterocycles. The molecular weight excluding hydrogens is 274 g/mol. The van der Waals surface area contributed by atoms with Crippen molar-refractivity contribution in [2.45, 2.75) is 27.7 Å². The van der Waals surface area contributed by atoms with E-state index in [2.05, 4.69) is 5.32 Å². The number of carbonyl (C=O) groups is 1. The van der Waals surface area contributed by atoms with Gasteiger partial charge < -0.3 is 10.2 Å². The summed E-state index contributed by atoms with van der Waals surface area (Å²) in [6, 6.07) is 2.18. The Morgan fingerprint density at radius 2 is 1.52 bits per heavy atom. The third kappa shape index (κ3) is 4.69. The smallest absolute Gasteiger partial charge is 0.254 e. The highest BCUT2D eigenvalue weighted by molar-refractivity contribution is 5.94. The van der Waals surface area contributed by atoms with Gasteiger partial charge in [0.1, 0.15) is 17.3 Å². The molecule has 0 saturated heterocycles. The number of hydrogen-bond acceptors (Lipinski definition) is 2. The summed E-state index contributed by atoms with van der Waals surface area (Å²) >= 11 is 0. The molecule has 0 atom stereocenters. The highest BCUT2D eigenvalue weighted by Crippen LogP contribution is 2.21. The van der Waals surface area contributed by atoms with Crippen LogP contribution in [-0.4, -0.2) is 30.9 Å². The van der Waals surface area contributed by atoms with Crippen molar-refractivity contribution < 1.29 is 13.6 Å². The molecule has 0 aliphatic carbocycles. The van der Waals surface area contributed by atoms with Crippen molar-refractivity contribution in [3.8, 4) is 0 Å². The highest BCUT2D eigenvalue weighted by Gasteiger charge is 2.21. The third-order valence-corrected chi connectivity index (χ3v) is 3.00. The fourth-order valence-corrected chi connectivity index (χ4v) is 2.24. The summed E-state index contributed by atoms with van der Waals surface area (Å²) in [5.41, 5.74) is -0.170. The first kappa shape index (κ1) is 17.4. The van der Waals surface area contributed by atoms with Crippen molar-refractivity contribution in [1.29, 1.82) is 0 Å². The minimum absolute atomic E-state index is 0.0466. The molecule has 5 heteroatoms. The maximum Gasteiger partial charge on any atom is 0.254 e. The quantitative estimate of drug-likeness (QED) is 0.867. The maximum atomic E-state index is 13.8. The Morgan fingerprint density at radius 3 is 1.86 bits per heavy atom. The zero-order valence-corrected chi connectivity index (χ0v) is 13.3. The summed E-state index contributed by atoms with van der Waals surface area (Å²) in [5.74, 6) is -1.26. The van der Waals surface area contributed by atoms with Gasteiger partial charge in [-0.25, -0.2) is 8.78 Å². The second-order valence-electron chi connectivity index (χ2n) is 6.06. The Kier molecular flexibility index (Phi) is 6.12. The molecule has 1 N–H and O–H groups in total. The van der Waals surface area contributed by atoms with Crippen LogP contribution < -0.4 is 5.32 Å². The van der Waals surface area contributed by atoms with Gasteiger partial charge in [-0.05, 0) is 24.0 Å². The molecule has 0 spiro atoms. The monoisotopic (exact) mass is 298 g/mol. The Labute approximate surface area is 125 Å². The number of nitrogens with zero attached hydrogens (tertiary/aromatic N) is 1. The molecule has 1 rings (SSSR count). The summed E-state index contributed by atoms with van der Waals surface area (Å²) in [4.78, 5) is 14.1. The van der Waals surface area contributed by atoms with E-state index in [1.807, 2.05) is 27.7 Å². The van der Waals surface area contributed by atoms with Crippen LogP contribution in [0.3, 0.4) is 0 Å². The van der Waals surface area contributed by atoms with Gasteiger partial charge in [0.25, 0.3) is 5.91 Å². The van der Waals surface area contributed by atoms with Crippen molar-refractivity contribution in [3.63, 3.8) is 0 Å². The first-order valence-corrected chi connectivity index (χ1v) is 7.22. The molecule has 21 heavy (non-hydrogen) atoms. The Bertz CT molecular complexity index is 468. The first-order chi connectivity index (χ1) is 9.76. The lowest BCUT2D eigenvalue weighted by atomic mass is 10.1. The average molecular weight is 298 g/mol. The summed E-state index contributed by atoms with van der Waals surface area (Å²) in [6.45, 7) is 9.15. The summed E-state index contributed by atoms with van der Waals surface area (Å²) in [7, 11) is 1.44. The Morgan fingerprint density at radius 1 is 1.10 bits per heavy atom. The minimum atomic E-state index is -0.755. The lowest BCUT2D eigenvalue weighted by Crippen LogP contribution is -2.37. The molecule has 0 fully saturated rings. The predicted molar refractivity (Wildman–Crippen MR) is 81.5 cm³/mol. The summed E-state index contributed by atoms with van der Waals surface area (Å²) in [6.07, 6.45) is 0. The van der Waals surface area contributed by atoms with Crippen LogP contribution in [0.25, 0.3) is 0 Å².